The monoisotopic (exact) mass is 245 g/mol. The molecule has 1 aromatic carbocycles. The third-order valence-corrected chi connectivity index (χ3v) is 1.80. The predicted molar refractivity (Wildman–Crippen MR) is 63.6 cm³/mol. The third kappa shape index (κ3) is 5.70. The Morgan fingerprint density at radius 3 is 2.56 bits per heavy atom. The molecule has 0 saturated heterocycles. The first-order valence-corrected chi connectivity index (χ1v) is 4.80. The summed E-state index contributed by atoms with van der Waals surface area (Å²) >= 11 is 0. The van der Waals surface area contributed by atoms with Gasteiger partial charge in [-0.2, -0.15) is 0 Å². The Bertz CT molecular complexity index is 293. The molecule has 90 valence electrons. The lowest BCUT2D eigenvalue weighted by atomic mass is 10.2. The molecular weight excluding hydrogens is 230 g/mol. The minimum absolute atomic E-state index is 0. The van der Waals surface area contributed by atoms with Crippen LogP contribution in [0.15, 0.2) is 30.3 Å². The van der Waals surface area contributed by atoms with Gasteiger partial charge in [-0.15, -0.1) is 12.4 Å². The Balaban J connectivity index is 0.00000225. The summed E-state index contributed by atoms with van der Waals surface area (Å²) in [6.45, 7) is 1.08. The molecule has 1 N–H and O–H groups in total. The maximum Gasteiger partial charge on any atom is 0.274 e. The molecule has 1 aromatic rings. The van der Waals surface area contributed by atoms with E-state index < -0.39 is 0 Å². The molecule has 0 saturated carbocycles. The molecule has 0 radical (unpaired) electrons. The van der Waals surface area contributed by atoms with Crippen LogP contribution in [0.2, 0.25) is 0 Å². The van der Waals surface area contributed by atoms with Crippen molar-refractivity contribution in [3.63, 3.8) is 0 Å². The van der Waals surface area contributed by atoms with E-state index in [2.05, 4.69) is 5.48 Å². The summed E-state index contributed by atoms with van der Waals surface area (Å²) < 4.78 is 4.84. The van der Waals surface area contributed by atoms with Crippen LogP contribution in [0.1, 0.15) is 16.8 Å². The van der Waals surface area contributed by atoms with Gasteiger partial charge in [-0.1, -0.05) is 18.2 Å². The molecular formula is C11H16ClNO3. The molecule has 0 aromatic heterocycles. The van der Waals surface area contributed by atoms with Crippen LogP contribution in [0.25, 0.3) is 0 Å². The van der Waals surface area contributed by atoms with Gasteiger partial charge in [0, 0.05) is 19.3 Å². The number of nitrogens with one attached hydrogen (secondary N) is 1. The van der Waals surface area contributed by atoms with E-state index in [0.29, 0.717) is 18.8 Å². The number of methoxy groups -OCH3 is 1. The smallest absolute Gasteiger partial charge is 0.274 e. The number of halogens is 1. The summed E-state index contributed by atoms with van der Waals surface area (Å²) in [5.41, 5.74) is 2.95. The molecule has 0 fully saturated rings. The van der Waals surface area contributed by atoms with Crippen molar-refractivity contribution < 1.29 is 14.4 Å². The van der Waals surface area contributed by atoms with E-state index in [0.717, 1.165) is 6.42 Å². The number of carbonyl (C=O) groups is 1. The number of hydrogen-bond donors (Lipinski definition) is 1. The number of amides is 1. The first-order chi connectivity index (χ1) is 7.34. The van der Waals surface area contributed by atoms with Crippen LogP contribution in [-0.4, -0.2) is 26.2 Å². The van der Waals surface area contributed by atoms with Gasteiger partial charge in [0.15, 0.2) is 0 Å². The number of carbonyl (C=O) groups excluding carboxylic acids is 1. The maximum absolute atomic E-state index is 11.4. The highest BCUT2D eigenvalue weighted by molar-refractivity contribution is 5.93. The average Bonchev–Trinajstić information content (AvgIpc) is 2.30. The first-order valence-electron chi connectivity index (χ1n) is 4.80. The van der Waals surface area contributed by atoms with Gasteiger partial charge < -0.3 is 4.74 Å². The lowest BCUT2D eigenvalue weighted by Crippen LogP contribution is -2.24. The Hall–Kier alpha value is -1.10. The summed E-state index contributed by atoms with van der Waals surface area (Å²) in [5, 5.41) is 0. The zero-order valence-corrected chi connectivity index (χ0v) is 9.96. The molecule has 1 amide bonds. The second-order valence-corrected chi connectivity index (χ2v) is 2.99. The van der Waals surface area contributed by atoms with Crippen molar-refractivity contribution >= 4 is 18.3 Å². The highest BCUT2D eigenvalue weighted by Crippen LogP contribution is 1.97. The Kier molecular flexibility index (Phi) is 8.52. The van der Waals surface area contributed by atoms with Crippen molar-refractivity contribution in [2.24, 2.45) is 0 Å². The van der Waals surface area contributed by atoms with Crippen molar-refractivity contribution in [3.05, 3.63) is 35.9 Å². The highest BCUT2D eigenvalue weighted by atomic mass is 35.5. The molecule has 0 unspecified atom stereocenters. The molecule has 1 rings (SSSR count). The molecule has 0 atom stereocenters. The second kappa shape index (κ2) is 9.15. The van der Waals surface area contributed by atoms with E-state index in [4.69, 9.17) is 9.57 Å². The number of benzene rings is 1. The Labute approximate surface area is 101 Å². The van der Waals surface area contributed by atoms with E-state index in [1.165, 1.54) is 0 Å². The molecule has 0 aliphatic rings. The van der Waals surface area contributed by atoms with E-state index in [9.17, 15) is 4.79 Å². The number of hydroxylamine groups is 1. The molecule has 0 heterocycles. The lowest BCUT2D eigenvalue weighted by molar-refractivity contribution is 0.0238. The molecule has 0 bridgehead atoms. The normalized spacial score (nSPS) is 9.31. The van der Waals surface area contributed by atoms with Gasteiger partial charge in [0.2, 0.25) is 0 Å². The zero-order valence-electron chi connectivity index (χ0n) is 9.14. The van der Waals surface area contributed by atoms with Gasteiger partial charge in [0.25, 0.3) is 5.91 Å². The summed E-state index contributed by atoms with van der Waals surface area (Å²) in [7, 11) is 1.63. The standard InChI is InChI=1S/C11H15NO3.ClH/c1-14-8-5-9-15-12-11(13)10-6-3-2-4-7-10;/h2-4,6-7H,5,8-9H2,1H3,(H,12,13);1H. The average molecular weight is 246 g/mol. The van der Waals surface area contributed by atoms with Crippen molar-refractivity contribution in [2.45, 2.75) is 6.42 Å². The van der Waals surface area contributed by atoms with Crippen molar-refractivity contribution in [3.8, 4) is 0 Å². The molecule has 0 aliphatic heterocycles. The molecule has 0 spiro atoms. The maximum atomic E-state index is 11.4. The fourth-order valence-electron chi connectivity index (χ4n) is 1.04. The summed E-state index contributed by atoms with van der Waals surface area (Å²) in [6, 6.07) is 8.93. The van der Waals surface area contributed by atoms with Crippen molar-refractivity contribution in [2.75, 3.05) is 20.3 Å². The Morgan fingerprint density at radius 1 is 1.25 bits per heavy atom. The van der Waals surface area contributed by atoms with Crippen molar-refractivity contribution in [1.82, 2.24) is 5.48 Å². The van der Waals surface area contributed by atoms with Crippen LogP contribution in [0, 0.1) is 0 Å². The van der Waals surface area contributed by atoms with E-state index >= 15 is 0 Å². The minimum atomic E-state index is -0.229. The predicted octanol–water partition coefficient (Wildman–Crippen LogP) is 1.81. The second-order valence-electron chi connectivity index (χ2n) is 2.99. The number of ether oxygens (including phenoxy) is 1. The van der Waals surface area contributed by atoms with Gasteiger partial charge >= 0.3 is 0 Å². The Morgan fingerprint density at radius 2 is 1.94 bits per heavy atom. The fourth-order valence-corrected chi connectivity index (χ4v) is 1.04. The van der Waals surface area contributed by atoms with Crippen LogP contribution in [-0.2, 0) is 9.57 Å². The van der Waals surface area contributed by atoms with E-state index in [-0.39, 0.29) is 18.3 Å². The van der Waals surface area contributed by atoms with Crippen LogP contribution < -0.4 is 5.48 Å². The first kappa shape index (κ1) is 14.9. The number of rotatable bonds is 6. The van der Waals surface area contributed by atoms with Crippen LogP contribution in [0.5, 0.6) is 0 Å². The van der Waals surface area contributed by atoms with Gasteiger partial charge in [0.05, 0.1) is 6.61 Å². The molecule has 4 nitrogen and oxygen atoms in total. The van der Waals surface area contributed by atoms with Gasteiger partial charge in [-0.05, 0) is 18.6 Å². The molecule has 5 heteroatoms. The van der Waals surface area contributed by atoms with Gasteiger partial charge in [0.1, 0.15) is 0 Å². The van der Waals surface area contributed by atoms with E-state index in [1.807, 2.05) is 6.07 Å². The fraction of sp³-hybridized carbons (Fsp3) is 0.364. The highest BCUT2D eigenvalue weighted by Gasteiger charge is 2.02. The summed E-state index contributed by atoms with van der Waals surface area (Å²) in [6.07, 6.45) is 0.756. The summed E-state index contributed by atoms with van der Waals surface area (Å²) in [5.74, 6) is -0.229. The lowest BCUT2D eigenvalue weighted by Gasteiger charge is -2.05. The summed E-state index contributed by atoms with van der Waals surface area (Å²) in [4.78, 5) is 16.4. The van der Waals surface area contributed by atoms with Crippen molar-refractivity contribution in [1.29, 1.82) is 0 Å². The molecule has 0 aliphatic carbocycles. The largest absolute Gasteiger partial charge is 0.385 e. The number of hydrogen-bond acceptors (Lipinski definition) is 3. The van der Waals surface area contributed by atoms with Gasteiger partial charge in [-0.25, -0.2) is 5.48 Å². The minimum Gasteiger partial charge on any atom is -0.385 e. The quantitative estimate of drug-likeness (QED) is 0.614. The zero-order chi connectivity index (χ0) is 10.9. The van der Waals surface area contributed by atoms with Crippen LogP contribution >= 0.6 is 12.4 Å². The van der Waals surface area contributed by atoms with Crippen LogP contribution in [0.3, 0.4) is 0 Å². The van der Waals surface area contributed by atoms with Crippen LogP contribution in [0.4, 0.5) is 0 Å². The van der Waals surface area contributed by atoms with E-state index in [1.54, 1.807) is 31.4 Å². The topological polar surface area (TPSA) is 47.6 Å². The molecule has 16 heavy (non-hydrogen) atoms. The van der Waals surface area contributed by atoms with Gasteiger partial charge in [-0.3, -0.25) is 9.63 Å². The third-order valence-electron chi connectivity index (χ3n) is 1.80. The SMILES string of the molecule is COCCCONC(=O)c1ccccc1.Cl.